The van der Waals surface area contributed by atoms with Crippen molar-refractivity contribution in [1.29, 1.82) is 0 Å². The number of hydrogen-bond donors (Lipinski definition) is 0. The molecule has 2 aromatic carbocycles. The predicted octanol–water partition coefficient (Wildman–Crippen LogP) is 4.32. The summed E-state index contributed by atoms with van der Waals surface area (Å²) < 4.78 is 13.7. The van der Waals surface area contributed by atoms with Gasteiger partial charge < -0.3 is 14.7 Å². The number of halogens is 2. The number of anilines is 1. The smallest absolute Gasteiger partial charge is 0.249 e. The predicted molar refractivity (Wildman–Crippen MR) is 123 cm³/mol. The van der Waals surface area contributed by atoms with E-state index in [9.17, 15) is 14.0 Å². The summed E-state index contributed by atoms with van der Waals surface area (Å²) in [4.78, 5) is 32.0. The van der Waals surface area contributed by atoms with Gasteiger partial charge in [-0.15, -0.1) is 0 Å². The molecule has 2 heterocycles. The molecule has 2 fully saturated rings. The van der Waals surface area contributed by atoms with Crippen LogP contribution in [0, 0.1) is 5.82 Å². The van der Waals surface area contributed by atoms with E-state index in [1.165, 1.54) is 18.2 Å². The highest BCUT2D eigenvalue weighted by Crippen LogP contribution is 2.38. The van der Waals surface area contributed by atoms with Crippen molar-refractivity contribution < 1.29 is 14.0 Å². The normalized spacial score (nSPS) is 18.7. The zero-order valence-electron chi connectivity index (χ0n) is 17.7. The van der Waals surface area contributed by atoms with Gasteiger partial charge in [0.2, 0.25) is 5.91 Å². The molecule has 1 amide bonds. The molecule has 5 nitrogen and oxygen atoms in total. The van der Waals surface area contributed by atoms with Crippen LogP contribution in [0.4, 0.5) is 10.1 Å². The van der Waals surface area contributed by atoms with Crippen molar-refractivity contribution in [3.8, 4) is 0 Å². The Hall–Kier alpha value is -2.25. The molecule has 7 heteroatoms. The fourth-order valence-electron chi connectivity index (χ4n) is 4.76. The van der Waals surface area contributed by atoms with Crippen molar-refractivity contribution in [1.82, 2.24) is 9.80 Å². The summed E-state index contributed by atoms with van der Waals surface area (Å²) in [5.74, 6) is -0.141. The van der Waals surface area contributed by atoms with E-state index in [2.05, 4.69) is 37.9 Å². The Labute approximate surface area is 190 Å². The van der Waals surface area contributed by atoms with Crippen molar-refractivity contribution in [2.45, 2.75) is 31.2 Å². The molecule has 2 aliphatic heterocycles. The van der Waals surface area contributed by atoms with Crippen LogP contribution >= 0.6 is 15.9 Å². The quantitative estimate of drug-likeness (QED) is 0.569. The first-order valence-corrected chi connectivity index (χ1v) is 11.5. The number of ketones is 1. The number of piperidine rings is 1. The van der Waals surface area contributed by atoms with Crippen LogP contribution in [0.1, 0.15) is 36.0 Å². The third-order valence-corrected chi connectivity index (χ3v) is 7.13. The van der Waals surface area contributed by atoms with Gasteiger partial charge in [0.05, 0.1) is 6.67 Å². The van der Waals surface area contributed by atoms with Crippen LogP contribution in [0.15, 0.2) is 53.0 Å². The van der Waals surface area contributed by atoms with Crippen LogP contribution in [0.5, 0.6) is 0 Å². The zero-order chi connectivity index (χ0) is 22.0. The summed E-state index contributed by atoms with van der Waals surface area (Å²) in [5, 5.41) is 0. The summed E-state index contributed by atoms with van der Waals surface area (Å²) >= 11 is 3.27. The molecule has 1 spiro atoms. The second-order valence-electron chi connectivity index (χ2n) is 8.43. The molecule has 164 valence electrons. The third-order valence-electron chi connectivity index (χ3n) is 6.48. The minimum absolute atomic E-state index is 0.0169. The molecule has 31 heavy (non-hydrogen) atoms. The number of hydrogen-bond acceptors (Lipinski definition) is 4. The molecule has 0 unspecified atom stereocenters. The number of carbonyl (C=O) groups is 2. The standard InChI is InChI=1S/C24H27BrFN3O2/c1-27-17-29(19-6-3-2-4-7-19)24(23(27)31)11-14-28(15-12-24)13-5-8-22(30)20-10-9-18(26)16-21(20)25/h2-4,6-7,9-10,16H,5,8,11-15,17H2,1H3. The highest BCUT2D eigenvalue weighted by Gasteiger charge is 2.52. The molecule has 0 N–H and O–H groups in total. The lowest BCUT2D eigenvalue weighted by atomic mass is 9.85. The Morgan fingerprint density at radius 2 is 1.84 bits per heavy atom. The molecule has 0 aromatic heterocycles. The Balaban J connectivity index is 1.34. The summed E-state index contributed by atoms with van der Waals surface area (Å²) in [7, 11) is 1.87. The number of nitrogens with zero attached hydrogens (tertiary/aromatic N) is 3. The first kappa shape index (κ1) is 22.0. The number of benzene rings is 2. The minimum Gasteiger partial charge on any atom is -0.339 e. The van der Waals surface area contributed by atoms with E-state index in [-0.39, 0.29) is 17.5 Å². The monoisotopic (exact) mass is 487 g/mol. The van der Waals surface area contributed by atoms with Crippen molar-refractivity contribution in [3.05, 3.63) is 64.4 Å². The highest BCUT2D eigenvalue weighted by atomic mass is 79.9. The van der Waals surface area contributed by atoms with E-state index in [1.54, 1.807) is 0 Å². The summed E-state index contributed by atoms with van der Waals surface area (Å²) in [6.07, 6.45) is 2.72. The number of rotatable bonds is 6. The van der Waals surface area contributed by atoms with Gasteiger partial charge >= 0.3 is 0 Å². The number of carbonyl (C=O) groups excluding carboxylic acids is 2. The fraction of sp³-hybridized carbons (Fsp3) is 0.417. The Bertz CT molecular complexity index is 961. The van der Waals surface area contributed by atoms with Crippen LogP contribution in [0.3, 0.4) is 0 Å². The number of para-hydroxylation sites is 1. The molecule has 4 rings (SSSR count). The van der Waals surface area contributed by atoms with Crippen LogP contribution in [-0.2, 0) is 4.79 Å². The number of likely N-dealkylation sites (N-methyl/N-ethyl adjacent to an activating group) is 1. The molecule has 0 bridgehead atoms. The molecule has 0 saturated carbocycles. The van der Waals surface area contributed by atoms with Crippen LogP contribution in [0.25, 0.3) is 0 Å². The molecule has 2 aliphatic rings. The van der Waals surface area contributed by atoms with Crippen LogP contribution in [0.2, 0.25) is 0 Å². The van der Waals surface area contributed by atoms with Crippen LogP contribution in [-0.4, -0.2) is 60.4 Å². The maximum atomic E-state index is 13.2. The van der Waals surface area contributed by atoms with Gasteiger partial charge in [0.15, 0.2) is 5.78 Å². The number of amides is 1. The molecular weight excluding hydrogens is 461 g/mol. The van der Waals surface area contributed by atoms with E-state index in [1.807, 2.05) is 30.1 Å². The van der Waals surface area contributed by atoms with Gasteiger partial charge in [0.1, 0.15) is 11.4 Å². The van der Waals surface area contributed by atoms with Gasteiger partial charge in [-0.1, -0.05) is 18.2 Å². The molecule has 2 saturated heterocycles. The van der Waals surface area contributed by atoms with Crippen molar-refractivity contribution in [2.24, 2.45) is 0 Å². The van der Waals surface area contributed by atoms with E-state index >= 15 is 0 Å². The van der Waals surface area contributed by atoms with Gasteiger partial charge in [-0.3, -0.25) is 9.59 Å². The van der Waals surface area contributed by atoms with E-state index < -0.39 is 5.54 Å². The van der Waals surface area contributed by atoms with Gasteiger partial charge in [-0.2, -0.15) is 0 Å². The topological polar surface area (TPSA) is 43.9 Å². The highest BCUT2D eigenvalue weighted by molar-refractivity contribution is 9.10. The average Bonchev–Trinajstić information content (AvgIpc) is 3.01. The maximum Gasteiger partial charge on any atom is 0.249 e. The summed E-state index contributed by atoms with van der Waals surface area (Å²) in [6.45, 7) is 3.09. The van der Waals surface area contributed by atoms with Gasteiger partial charge in [0.25, 0.3) is 0 Å². The van der Waals surface area contributed by atoms with Gasteiger partial charge in [-0.05, 0) is 72.1 Å². The second-order valence-corrected chi connectivity index (χ2v) is 9.29. The van der Waals surface area contributed by atoms with Crippen LogP contribution < -0.4 is 4.90 Å². The average molecular weight is 488 g/mol. The second kappa shape index (κ2) is 9.09. The Kier molecular flexibility index (Phi) is 6.44. The largest absolute Gasteiger partial charge is 0.339 e. The molecular formula is C24H27BrFN3O2. The van der Waals surface area contributed by atoms with Crippen molar-refractivity contribution in [2.75, 3.05) is 38.3 Å². The van der Waals surface area contributed by atoms with Gasteiger partial charge in [0, 0.05) is 42.3 Å². The Morgan fingerprint density at radius 1 is 1.13 bits per heavy atom. The van der Waals surface area contributed by atoms with E-state index in [0.717, 1.165) is 44.6 Å². The third kappa shape index (κ3) is 4.39. The summed E-state index contributed by atoms with van der Waals surface area (Å²) in [5.41, 5.74) is 1.14. The van der Waals surface area contributed by atoms with Gasteiger partial charge in [-0.25, -0.2) is 4.39 Å². The first-order chi connectivity index (χ1) is 14.9. The lowest BCUT2D eigenvalue weighted by Crippen LogP contribution is -2.56. The lowest BCUT2D eigenvalue weighted by Gasteiger charge is -2.43. The zero-order valence-corrected chi connectivity index (χ0v) is 19.3. The number of likely N-dealkylation sites (tertiary alicyclic amines) is 1. The molecule has 0 aliphatic carbocycles. The first-order valence-electron chi connectivity index (χ1n) is 10.7. The maximum absolute atomic E-state index is 13.2. The molecule has 0 radical (unpaired) electrons. The van der Waals surface area contributed by atoms with E-state index in [4.69, 9.17) is 0 Å². The van der Waals surface area contributed by atoms with E-state index in [0.29, 0.717) is 23.1 Å². The Morgan fingerprint density at radius 3 is 2.52 bits per heavy atom. The lowest BCUT2D eigenvalue weighted by molar-refractivity contribution is -0.132. The summed E-state index contributed by atoms with van der Waals surface area (Å²) in [6, 6.07) is 14.3. The fourth-order valence-corrected chi connectivity index (χ4v) is 5.33. The van der Waals surface area contributed by atoms with Crippen molar-refractivity contribution >= 4 is 33.3 Å². The number of Topliss-reactive ketones (excluding diaryl/α,β-unsaturated/α-hetero) is 1. The SMILES string of the molecule is CN1CN(c2ccccc2)C2(CCN(CCCC(=O)c3ccc(F)cc3Br)CC2)C1=O. The van der Waals surface area contributed by atoms with Crippen molar-refractivity contribution in [3.63, 3.8) is 0 Å². The minimum atomic E-state index is -0.471. The molecule has 2 aromatic rings. The molecule has 0 atom stereocenters.